The van der Waals surface area contributed by atoms with E-state index in [4.69, 9.17) is 4.74 Å². The van der Waals surface area contributed by atoms with E-state index in [1.807, 2.05) is 0 Å². The highest BCUT2D eigenvalue weighted by molar-refractivity contribution is 7.99. The van der Waals surface area contributed by atoms with Gasteiger partial charge in [0.25, 0.3) is 5.56 Å². The zero-order chi connectivity index (χ0) is 17.7. The molecule has 1 aromatic carbocycles. The van der Waals surface area contributed by atoms with Crippen LogP contribution in [0.25, 0.3) is 0 Å². The lowest BCUT2D eigenvalue weighted by atomic mass is 10.1. The number of benzene rings is 1. The molecule has 24 heavy (non-hydrogen) atoms. The number of aromatic hydroxyl groups is 1. The minimum atomic E-state index is -0.395. The van der Waals surface area contributed by atoms with Crippen molar-refractivity contribution in [3.8, 4) is 11.6 Å². The van der Waals surface area contributed by atoms with Crippen LogP contribution in [0, 0.1) is 0 Å². The van der Waals surface area contributed by atoms with Crippen LogP contribution in [0.2, 0.25) is 0 Å². The van der Waals surface area contributed by atoms with Gasteiger partial charge in [-0.05, 0) is 18.1 Å². The second-order valence-corrected chi connectivity index (χ2v) is 6.30. The first-order chi connectivity index (χ1) is 11.4. The molecule has 0 aliphatic heterocycles. The number of aromatic amines is 1. The van der Waals surface area contributed by atoms with Gasteiger partial charge in [-0.1, -0.05) is 31.7 Å². The summed E-state index contributed by atoms with van der Waals surface area (Å²) in [6.45, 7) is 3.58. The van der Waals surface area contributed by atoms with E-state index >= 15 is 0 Å². The maximum Gasteiger partial charge on any atom is 0.258 e. The van der Waals surface area contributed by atoms with Crippen molar-refractivity contribution < 1.29 is 14.6 Å². The van der Waals surface area contributed by atoms with Crippen molar-refractivity contribution in [1.82, 2.24) is 9.97 Å². The number of methoxy groups -OCH3 is 1. The number of hydrogen-bond acceptors (Lipinski definition) is 6. The molecule has 1 heterocycles. The minimum Gasteiger partial charge on any atom is -0.497 e. The lowest BCUT2D eigenvalue weighted by molar-refractivity contribution is -0.113. The summed E-state index contributed by atoms with van der Waals surface area (Å²) in [6, 6.07) is 6.99. The van der Waals surface area contributed by atoms with Crippen LogP contribution >= 0.6 is 11.8 Å². The number of aromatic nitrogens is 2. The fourth-order valence-electron chi connectivity index (χ4n) is 2.07. The average Bonchev–Trinajstić information content (AvgIpc) is 2.52. The van der Waals surface area contributed by atoms with Crippen LogP contribution in [-0.4, -0.2) is 33.8 Å². The number of amides is 1. The maximum absolute atomic E-state index is 12.0. The summed E-state index contributed by atoms with van der Waals surface area (Å²) < 4.78 is 5.09. The van der Waals surface area contributed by atoms with Crippen LogP contribution in [0.3, 0.4) is 0 Å². The van der Waals surface area contributed by atoms with Crippen molar-refractivity contribution in [2.75, 3.05) is 18.2 Å². The van der Waals surface area contributed by atoms with Gasteiger partial charge in [0.2, 0.25) is 11.8 Å². The second kappa shape index (κ2) is 7.87. The van der Waals surface area contributed by atoms with Gasteiger partial charge < -0.3 is 20.1 Å². The van der Waals surface area contributed by atoms with Crippen molar-refractivity contribution in [2.45, 2.75) is 24.9 Å². The molecule has 0 atom stereocenters. The largest absolute Gasteiger partial charge is 0.497 e. The van der Waals surface area contributed by atoms with Gasteiger partial charge >= 0.3 is 0 Å². The lowest BCUT2D eigenvalue weighted by Crippen LogP contribution is -2.18. The topological polar surface area (TPSA) is 104 Å². The van der Waals surface area contributed by atoms with E-state index in [1.54, 1.807) is 45.2 Å². The lowest BCUT2D eigenvalue weighted by Gasteiger charge is -2.09. The van der Waals surface area contributed by atoms with Gasteiger partial charge in [-0.15, -0.1) is 0 Å². The normalized spacial score (nSPS) is 10.7. The molecular formula is C16H19N3O4S. The summed E-state index contributed by atoms with van der Waals surface area (Å²) in [5.41, 5.74) is 0.452. The van der Waals surface area contributed by atoms with Gasteiger partial charge in [-0.2, -0.15) is 4.98 Å². The molecule has 0 aliphatic rings. The zero-order valence-electron chi connectivity index (χ0n) is 13.6. The van der Waals surface area contributed by atoms with Crippen molar-refractivity contribution in [3.05, 3.63) is 40.2 Å². The predicted octanol–water partition coefficient (Wildman–Crippen LogP) is 2.34. The number of carbonyl (C=O) groups excluding carboxylic acids is 1. The Bertz CT molecular complexity index is 789. The molecular weight excluding hydrogens is 330 g/mol. The minimum absolute atomic E-state index is 0.0423. The Labute approximate surface area is 143 Å². The molecule has 0 fully saturated rings. The standard InChI is InChI=1S/C16H19N3O4S/c1-9(2)13-14(21)18-16(19-15(13)22)24-8-12(20)17-10-5-4-6-11(7-10)23-3/h4-7,9H,8H2,1-3H3,(H,17,20)(H2,18,19,21,22). The van der Waals surface area contributed by atoms with Gasteiger partial charge in [-0.25, -0.2) is 0 Å². The molecule has 7 nitrogen and oxygen atoms in total. The number of anilines is 1. The third kappa shape index (κ3) is 4.51. The molecule has 3 N–H and O–H groups in total. The highest BCUT2D eigenvalue weighted by Crippen LogP contribution is 2.22. The molecule has 0 spiro atoms. The van der Waals surface area contributed by atoms with E-state index in [2.05, 4.69) is 15.3 Å². The SMILES string of the molecule is COc1cccc(NC(=O)CSc2nc(O)c(C(C)C)c(=O)[nH]2)c1. The summed E-state index contributed by atoms with van der Waals surface area (Å²) in [5.74, 6) is -0.0225. The first-order valence-corrected chi connectivity index (χ1v) is 8.29. The molecule has 0 unspecified atom stereocenters. The molecule has 128 valence electrons. The molecule has 0 aliphatic carbocycles. The molecule has 0 bridgehead atoms. The number of H-pyrrole nitrogens is 1. The van der Waals surface area contributed by atoms with E-state index in [0.29, 0.717) is 11.4 Å². The average molecular weight is 349 g/mol. The van der Waals surface area contributed by atoms with E-state index in [1.165, 1.54) is 0 Å². The Morgan fingerprint density at radius 2 is 2.21 bits per heavy atom. The molecule has 2 rings (SSSR count). The molecule has 0 radical (unpaired) electrons. The van der Waals surface area contributed by atoms with Gasteiger partial charge in [0.1, 0.15) is 5.75 Å². The fraction of sp³-hybridized carbons (Fsp3) is 0.312. The number of hydrogen-bond donors (Lipinski definition) is 3. The van der Waals surface area contributed by atoms with Crippen LogP contribution in [0.5, 0.6) is 11.6 Å². The highest BCUT2D eigenvalue weighted by atomic mass is 32.2. The smallest absolute Gasteiger partial charge is 0.258 e. The summed E-state index contributed by atoms with van der Waals surface area (Å²) in [7, 11) is 1.55. The van der Waals surface area contributed by atoms with Crippen LogP contribution in [0.4, 0.5) is 5.69 Å². The van der Waals surface area contributed by atoms with E-state index in [-0.39, 0.29) is 34.2 Å². The summed E-state index contributed by atoms with van der Waals surface area (Å²) in [6.07, 6.45) is 0. The number of nitrogens with one attached hydrogen (secondary N) is 2. The number of ether oxygens (including phenoxy) is 1. The number of nitrogens with zero attached hydrogens (tertiary/aromatic N) is 1. The van der Waals surface area contributed by atoms with E-state index < -0.39 is 5.56 Å². The Morgan fingerprint density at radius 1 is 1.46 bits per heavy atom. The van der Waals surface area contributed by atoms with Gasteiger partial charge in [0, 0.05) is 11.8 Å². The van der Waals surface area contributed by atoms with Crippen molar-refractivity contribution in [2.24, 2.45) is 0 Å². The maximum atomic E-state index is 12.0. The Hall–Kier alpha value is -2.48. The van der Waals surface area contributed by atoms with Crippen LogP contribution in [0.15, 0.2) is 34.2 Å². The van der Waals surface area contributed by atoms with Crippen LogP contribution in [-0.2, 0) is 4.79 Å². The van der Waals surface area contributed by atoms with E-state index in [9.17, 15) is 14.7 Å². The summed E-state index contributed by atoms with van der Waals surface area (Å²) in [5, 5.41) is 12.8. The third-order valence-electron chi connectivity index (χ3n) is 3.18. The first-order valence-electron chi connectivity index (χ1n) is 7.30. The quantitative estimate of drug-likeness (QED) is 0.546. The molecule has 8 heteroatoms. The Morgan fingerprint density at radius 3 is 2.83 bits per heavy atom. The number of thioether (sulfide) groups is 1. The second-order valence-electron chi connectivity index (χ2n) is 5.33. The summed E-state index contributed by atoms with van der Waals surface area (Å²) >= 11 is 1.04. The van der Waals surface area contributed by atoms with Crippen LogP contribution < -0.4 is 15.6 Å². The molecule has 0 saturated carbocycles. The van der Waals surface area contributed by atoms with Crippen LogP contribution in [0.1, 0.15) is 25.3 Å². The van der Waals surface area contributed by atoms with Crippen molar-refractivity contribution >= 4 is 23.4 Å². The zero-order valence-corrected chi connectivity index (χ0v) is 14.4. The summed E-state index contributed by atoms with van der Waals surface area (Å²) in [4.78, 5) is 30.4. The number of rotatable bonds is 6. The molecule has 0 saturated heterocycles. The van der Waals surface area contributed by atoms with Gasteiger partial charge in [0.05, 0.1) is 18.4 Å². The highest BCUT2D eigenvalue weighted by Gasteiger charge is 2.15. The first kappa shape index (κ1) is 17.9. The van der Waals surface area contributed by atoms with Crippen molar-refractivity contribution in [1.29, 1.82) is 0 Å². The fourth-order valence-corrected chi connectivity index (χ4v) is 2.73. The molecule has 2 aromatic rings. The predicted molar refractivity (Wildman–Crippen MR) is 93.0 cm³/mol. The number of carbonyl (C=O) groups is 1. The van der Waals surface area contributed by atoms with E-state index in [0.717, 1.165) is 11.8 Å². The Balaban J connectivity index is 2.00. The molecule has 1 aromatic heterocycles. The van der Waals surface area contributed by atoms with Gasteiger partial charge in [-0.3, -0.25) is 9.59 Å². The third-order valence-corrected chi connectivity index (χ3v) is 4.06. The van der Waals surface area contributed by atoms with Gasteiger partial charge in [0.15, 0.2) is 5.16 Å². The molecule has 1 amide bonds. The van der Waals surface area contributed by atoms with Crippen molar-refractivity contribution in [3.63, 3.8) is 0 Å². The monoisotopic (exact) mass is 349 g/mol. The Kier molecular flexibility index (Phi) is 5.86.